The lowest BCUT2D eigenvalue weighted by molar-refractivity contribution is -0.127. The maximum absolute atomic E-state index is 12.4. The fraction of sp³-hybridized carbons (Fsp3) is 0.350. The highest BCUT2D eigenvalue weighted by molar-refractivity contribution is 7.89. The van der Waals surface area contributed by atoms with E-state index in [1.54, 1.807) is 39.8 Å². The third-order valence-corrected chi connectivity index (χ3v) is 5.32. The van der Waals surface area contributed by atoms with E-state index in [1.165, 1.54) is 12.1 Å². The van der Waals surface area contributed by atoms with E-state index in [2.05, 4.69) is 10.0 Å². The van der Waals surface area contributed by atoms with Gasteiger partial charge in [0.15, 0.2) is 0 Å². The van der Waals surface area contributed by atoms with Gasteiger partial charge in [-0.2, -0.15) is 0 Å². The molecule has 0 aromatic heterocycles. The van der Waals surface area contributed by atoms with Crippen LogP contribution in [0, 0.1) is 0 Å². The molecule has 1 unspecified atom stereocenters. The molecule has 0 heterocycles. The van der Waals surface area contributed by atoms with E-state index >= 15 is 0 Å². The Bertz CT molecular complexity index is 874. The third-order valence-electron chi connectivity index (χ3n) is 3.56. The number of amides is 1. The van der Waals surface area contributed by atoms with Crippen LogP contribution in [0.5, 0.6) is 0 Å². The molecule has 27 heavy (non-hydrogen) atoms. The molecular formula is C20H26N2O4S. The summed E-state index contributed by atoms with van der Waals surface area (Å²) in [5.74, 6) is -0.343. The van der Waals surface area contributed by atoms with Crippen LogP contribution in [0.25, 0.3) is 0 Å². The van der Waals surface area contributed by atoms with Gasteiger partial charge in [0.05, 0.1) is 11.5 Å². The molecule has 0 aliphatic rings. The first-order valence-electron chi connectivity index (χ1n) is 8.67. The normalized spacial score (nSPS) is 13.2. The standard InChI is InChI=1S/C20H26N2O4S/c1-15(26-14-16-9-6-5-7-10-16)19(23)21-17-11-8-12-18(13-17)27(24,25)22-20(2,3)4/h5-13,15,22H,14H2,1-4H3,(H,21,23). The first kappa shape index (κ1) is 21.1. The summed E-state index contributed by atoms with van der Waals surface area (Å²) in [7, 11) is -3.68. The van der Waals surface area contributed by atoms with Crippen LogP contribution < -0.4 is 10.0 Å². The lowest BCUT2D eigenvalue weighted by atomic mass is 10.1. The Morgan fingerprint density at radius 3 is 2.37 bits per heavy atom. The number of nitrogens with one attached hydrogen (secondary N) is 2. The highest BCUT2D eigenvalue weighted by atomic mass is 32.2. The summed E-state index contributed by atoms with van der Waals surface area (Å²) in [4.78, 5) is 12.4. The average Bonchev–Trinajstić information content (AvgIpc) is 2.58. The van der Waals surface area contributed by atoms with Gasteiger partial charge in [0.1, 0.15) is 6.10 Å². The SMILES string of the molecule is CC(OCc1ccccc1)C(=O)Nc1cccc(S(=O)(=O)NC(C)(C)C)c1. The van der Waals surface area contributed by atoms with E-state index in [-0.39, 0.29) is 10.8 Å². The monoisotopic (exact) mass is 390 g/mol. The number of rotatable bonds is 7. The summed E-state index contributed by atoms with van der Waals surface area (Å²) in [5, 5.41) is 2.70. The number of ether oxygens (including phenoxy) is 1. The van der Waals surface area contributed by atoms with Crippen molar-refractivity contribution in [1.82, 2.24) is 4.72 Å². The predicted octanol–water partition coefficient (Wildman–Crippen LogP) is 3.31. The maximum Gasteiger partial charge on any atom is 0.253 e. The van der Waals surface area contributed by atoms with Crippen molar-refractivity contribution < 1.29 is 17.9 Å². The van der Waals surface area contributed by atoms with E-state index < -0.39 is 21.7 Å². The number of anilines is 1. The topological polar surface area (TPSA) is 84.5 Å². The van der Waals surface area contributed by atoms with Gasteiger partial charge in [0, 0.05) is 11.2 Å². The average molecular weight is 391 g/mol. The second-order valence-electron chi connectivity index (χ2n) is 7.31. The van der Waals surface area contributed by atoms with E-state index in [9.17, 15) is 13.2 Å². The van der Waals surface area contributed by atoms with Gasteiger partial charge in [0.25, 0.3) is 5.91 Å². The molecule has 2 rings (SSSR count). The molecule has 0 fully saturated rings. The predicted molar refractivity (Wildman–Crippen MR) is 106 cm³/mol. The first-order valence-corrected chi connectivity index (χ1v) is 10.2. The van der Waals surface area contributed by atoms with Crippen molar-refractivity contribution in [3.8, 4) is 0 Å². The highest BCUT2D eigenvalue weighted by Crippen LogP contribution is 2.18. The molecule has 0 radical (unpaired) electrons. The van der Waals surface area contributed by atoms with Gasteiger partial charge in [-0.3, -0.25) is 4.79 Å². The molecule has 0 aliphatic heterocycles. The van der Waals surface area contributed by atoms with Crippen LogP contribution in [0.2, 0.25) is 0 Å². The Kier molecular flexibility index (Phi) is 6.75. The number of hydrogen-bond acceptors (Lipinski definition) is 4. The fourth-order valence-corrected chi connectivity index (χ4v) is 3.78. The quantitative estimate of drug-likeness (QED) is 0.760. The molecule has 0 saturated heterocycles. The molecule has 0 saturated carbocycles. The van der Waals surface area contributed by atoms with Crippen LogP contribution in [0.4, 0.5) is 5.69 Å². The van der Waals surface area contributed by atoms with E-state index in [1.807, 2.05) is 30.3 Å². The number of benzene rings is 2. The van der Waals surface area contributed by atoms with Crippen LogP contribution in [0.3, 0.4) is 0 Å². The fourth-order valence-electron chi connectivity index (χ4n) is 2.32. The van der Waals surface area contributed by atoms with Gasteiger partial charge < -0.3 is 10.1 Å². The van der Waals surface area contributed by atoms with Crippen LogP contribution in [-0.4, -0.2) is 26.0 Å². The van der Waals surface area contributed by atoms with E-state index in [0.717, 1.165) is 5.56 Å². The Balaban J connectivity index is 2.01. The summed E-state index contributed by atoms with van der Waals surface area (Å²) in [6.45, 7) is 7.27. The molecule has 0 aliphatic carbocycles. The summed E-state index contributed by atoms with van der Waals surface area (Å²) in [5.41, 5.74) is 0.767. The second-order valence-corrected chi connectivity index (χ2v) is 8.99. The van der Waals surface area contributed by atoms with Crippen molar-refractivity contribution in [3.63, 3.8) is 0 Å². The van der Waals surface area contributed by atoms with Crippen molar-refractivity contribution in [2.45, 2.75) is 50.8 Å². The van der Waals surface area contributed by atoms with Crippen molar-refractivity contribution in [2.24, 2.45) is 0 Å². The molecule has 6 nitrogen and oxygen atoms in total. The van der Waals surface area contributed by atoms with Crippen molar-refractivity contribution in [1.29, 1.82) is 0 Å². The molecule has 2 aromatic rings. The Morgan fingerprint density at radius 2 is 1.74 bits per heavy atom. The Hall–Kier alpha value is -2.22. The van der Waals surface area contributed by atoms with Crippen molar-refractivity contribution >= 4 is 21.6 Å². The molecular weight excluding hydrogens is 364 g/mol. The number of carbonyl (C=O) groups excluding carboxylic acids is 1. The molecule has 7 heteroatoms. The minimum absolute atomic E-state index is 0.0908. The lowest BCUT2D eigenvalue weighted by Crippen LogP contribution is -2.40. The van der Waals surface area contributed by atoms with Gasteiger partial charge in [-0.05, 0) is 51.5 Å². The zero-order valence-electron chi connectivity index (χ0n) is 16.0. The molecule has 1 atom stereocenters. The van der Waals surface area contributed by atoms with E-state index in [4.69, 9.17) is 4.74 Å². The van der Waals surface area contributed by atoms with Gasteiger partial charge >= 0.3 is 0 Å². The number of hydrogen-bond donors (Lipinski definition) is 2. The minimum atomic E-state index is -3.68. The summed E-state index contributed by atoms with van der Waals surface area (Å²) < 4.78 is 33.0. The summed E-state index contributed by atoms with van der Waals surface area (Å²) in [6.07, 6.45) is -0.682. The molecule has 2 N–H and O–H groups in total. The van der Waals surface area contributed by atoms with Gasteiger partial charge in [-0.25, -0.2) is 13.1 Å². The zero-order valence-corrected chi connectivity index (χ0v) is 16.8. The minimum Gasteiger partial charge on any atom is -0.364 e. The van der Waals surface area contributed by atoms with Crippen LogP contribution in [0.15, 0.2) is 59.5 Å². The van der Waals surface area contributed by atoms with Crippen LogP contribution in [0.1, 0.15) is 33.3 Å². The van der Waals surface area contributed by atoms with Crippen molar-refractivity contribution in [2.75, 3.05) is 5.32 Å². The van der Waals surface area contributed by atoms with Gasteiger partial charge in [-0.15, -0.1) is 0 Å². The van der Waals surface area contributed by atoms with Crippen LogP contribution in [-0.2, 0) is 26.2 Å². The van der Waals surface area contributed by atoms with Crippen molar-refractivity contribution in [3.05, 3.63) is 60.2 Å². The number of sulfonamides is 1. The highest BCUT2D eigenvalue weighted by Gasteiger charge is 2.22. The molecule has 146 valence electrons. The third kappa shape index (κ3) is 6.78. The first-order chi connectivity index (χ1) is 12.6. The molecule has 0 bridgehead atoms. The number of carbonyl (C=O) groups is 1. The van der Waals surface area contributed by atoms with Gasteiger partial charge in [0.2, 0.25) is 10.0 Å². The largest absolute Gasteiger partial charge is 0.364 e. The molecule has 1 amide bonds. The second kappa shape index (κ2) is 8.65. The zero-order chi connectivity index (χ0) is 20.1. The Morgan fingerprint density at radius 1 is 1.07 bits per heavy atom. The van der Waals surface area contributed by atoms with Crippen LogP contribution >= 0.6 is 0 Å². The maximum atomic E-state index is 12.4. The summed E-state index contributed by atoms with van der Waals surface area (Å²) in [6, 6.07) is 15.7. The van der Waals surface area contributed by atoms with Gasteiger partial charge in [-0.1, -0.05) is 36.4 Å². The smallest absolute Gasteiger partial charge is 0.253 e. The molecule has 0 spiro atoms. The molecule has 2 aromatic carbocycles. The Labute approximate surface area is 161 Å². The van der Waals surface area contributed by atoms with E-state index in [0.29, 0.717) is 12.3 Å². The summed E-state index contributed by atoms with van der Waals surface area (Å²) >= 11 is 0. The lowest BCUT2D eigenvalue weighted by Gasteiger charge is -2.20.